The second-order valence-corrected chi connectivity index (χ2v) is 10.9. The summed E-state index contributed by atoms with van der Waals surface area (Å²) in [7, 11) is -3.28. The molecule has 0 spiro atoms. The van der Waals surface area contributed by atoms with Gasteiger partial charge in [0.2, 0.25) is 7.37 Å². The Hall–Kier alpha value is -2.05. The van der Waals surface area contributed by atoms with Crippen molar-refractivity contribution in [2.75, 3.05) is 26.0 Å². The first-order valence-corrected chi connectivity index (χ1v) is 13.2. The number of aliphatic hydroxyl groups excluding tert-OH is 1. The molecule has 0 saturated heterocycles. The van der Waals surface area contributed by atoms with E-state index in [0.717, 1.165) is 44.1 Å². The number of phenolic OH excluding ortho intramolecular Hbond substituents is 1. The maximum absolute atomic E-state index is 12.6. The minimum atomic E-state index is -3.28. The van der Waals surface area contributed by atoms with Gasteiger partial charge in [-0.1, -0.05) is 31.4 Å². The molecule has 1 aliphatic carbocycles. The number of nitrogens with one attached hydrogen (secondary N) is 1. The van der Waals surface area contributed by atoms with Crippen molar-refractivity contribution in [3.8, 4) is 17.2 Å². The molecule has 2 aromatic rings. The molecule has 1 fully saturated rings. The minimum Gasteiger partial charge on any atom is -0.508 e. The average Bonchev–Trinajstić information content (AvgIpc) is 2.81. The van der Waals surface area contributed by atoms with Crippen LogP contribution >= 0.6 is 7.37 Å². The number of rotatable bonds is 12. The standard InChI is InChI=1S/C24H34NO6P/c26-20-8-12-22(13-9-20)30-17-21(27)16-25-15-14-19-6-10-23(11-7-19)31-18-32(28,29)24-4-2-1-3-5-24/h6-13,21,24-27H,1-5,14-18H2,(H,28,29)/t21-/m1/s1. The number of aliphatic hydroxyl groups is 1. The van der Waals surface area contributed by atoms with Gasteiger partial charge in [0.1, 0.15) is 30.0 Å². The molecule has 0 aromatic heterocycles. The van der Waals surface area contributed by atoms with E-state index in [9.17, 15) is 19.7 Å². The largest absolute Gasteiger partial charge is 0.508 e. The SMILES string of the molecule is O=P(O)(COc1ccc(CCNC[C@@H](O)COc2ccc(O)cc2)cc1)C1CCCCC1. The van der Waals surface area contributed by atoms with Gasteiger partial charge < -0.3 is 29.9 Å². The Kier molecular flexibility index (Phi) is 9.42. The van der Waals surface area contributed by atoms with E-state index in [0.29, 0.717) is 24.6 Å². The van der Waals surface area contributed by atoms with E-state index in [4.69, 9.17) is 9.47 Å². The first kappa shape index (κ1) is 24.6. The molecule has 3 rings (SSSR count). The molecule has 8 heteroatoms. The van der Waals surface area contributed by atoms with Crippen LogP contribution in [0.15, 0.2) is 48.5 Å². The maximum Gasteiger partial charge on any atom is 0.239 e. The molecule has 0 amide bonds. The highest BCUT2D eigenvalue weighted by molar-refractivity contribution is 7.58. The lowest BCUT2D eigenvalue weighted by atomic mass is 10.0. The summed E-state index contributed by atoms with van der Waals surface area (Å²) in [5.41, 5.74) is 0.989. The molecule has 4 N–H and O–H groups in total. The van der Waals surface area contributed by atoms with Crippen molar-refractivity contribution in [3.05, 3.63) is 54.1 Å². The summed E-state index contributed by atoms with van der Waals surface area (Å²) in [5, 5.41) is 22.5. The third kappa shape index (κ3) is 8.14. The van der Waals surface area contributed by atoms with Crippen LogP contribution in [0.2, 0.25) is 0 Å². The lowest BCUT2D eigenvalue weighted by Crippen LogP contribution is -2.32. The summed E-state index contributed by atoms with van der Waals surface area (Å²) in [6.07, 6.45) is 4.87. The fourth-order valence-electron chi connectivity index (χ4n) is 3.80. The number of hydrogen-bond donors (Lipinski definition) is 4. The topological polar surface area (TPSA) is 108 Å². The predicted molar refractivity (Wildman–Crippen MR) is 125 cm³/mol. The highest BCUT2D eigenvalue weighted by Crippen LogP contribution is 2.51. The highest BCUT2D eigenvalue weighted by Gasteiger charge is 2.32. The molecule has 0 aliphatic heterocycles. The molecule has 32 heavy (non-hydrogen) atoms. The zero-order valence-corrected chi connectivity index (χ0v) is 19.3. The lowest BCUT2D eigenvalue weighted by molar-refractivity contribution is 0.106. The van der Waals surface area contributed by atoms with Crippen LogP contribution in [0.25, 0.3) is 0 Å². The fourth-order valence-corrected chi connectivity index (χ4v) is 5.52. The Morgan fingerprint density at radius 1 is 0.969 bits per heavy atom. The van der Waals surface area contributed by atoms with Crippen LogP contribution in [0.3, 0.4) is 0 Å². The van der Waals surface area contributed by atoms with E-state index >= 15 is 0 Å². The van der Waals surface area contributed by atoms with E-state index in [2.05, 4.69) is 5.32 Å². The van der Waals surface area contributed by atoms with Crippen molar-refractivity contribution in [3.63, 3.8) is 0 Å². The normalized spacial score (nSPS) is 17.4. The van der Waals surface area contributed by atoms with Crippen LogP contribution in [0.4, 0.5) is 0 Å². The third-order valence-electron chi connectivity index (χ3n) is 5.73. The van der Waals surface area contributed by atoms with Crippen LogP contribution in [0.1, 0.15) is 37.7 Å². The van der Waals surface area contributed by atoms with Crippen LogP contribution in [-0.4, -0.2) is 52.9 Å². The van der Waals surface area contributed by atoms with E-state index in [1.165, 1.54) is 12.1 Å². The smallest absolute Gasteiger partial charge is 0.239 e. The molecule has 2 atom stereocenters. The molecule has 0 radical (unpaired) electrons. The Balaban J connectivity index is 1.31. The van der Waals surface area contributed by atoms with Gasteiger partial charge in [-0.15, -0.1) is 0 Å². The van der Waals surface area contributed by atoms with Crippen LogP contribution in [0.5, 0.6) is 17.2 Å². The van der Waals surface area contributed by atoms with Crippen molar-refractivity contribution in [1.82, 2.24) is 5.32 Å². The predicted octanol–water partition coefficient (Wildman–Crippen LogP) is 3.90. The Bertz CT molecular complexity index is 852. The number of benzene rings is 2. The van der Waals surface area contributed by atoms with Gasteiger partial charge in [-0.25, -0.2) is 0 Å². The third-order valence-corrected chi connectivity index (χ3v) is 7.89. The highest BCUT2D eigenvalue weighted by atomic mass is 31.2. The molecule has 0 heterocycles. The Morgan fingerprint density at radius 3 is 2.28 bits per heavy atom. The van der Waals surface area contributed by atoms with Gasteiger partial charge in [0.05, 0.1) is 0 Å². The van der Waals surface area contributed by atoms with Crippen LogP contribution in [0, 0.1) is 0 Å². The number of phenols is 1. The number of ether oxygens (including phenoxy) is 2. The van der Waals surface area contributed by atoms with Gasteiger partial charge in [-0.3, -0.25) is 4.57 Å². The van der Waals surface area contributed by atoms with E-state index in [1.807, 2.05) is 24.3 Å². The first-order chi connectivity index (χ1) is 15.4. The molecular formula is C24H34NO6P. The number of aromatic hydroxyl groups is 1. The summed E-state index contributed by atoms with van der Waals surface area (Å²) in [6.45, 7) is 1.27. The van der Waals surface area contributed by atoms with Gasteiger partial charge in [-0.05, 0) is 67.8 Å². The summed E-state index contributed by atoms with van der Waals surface area (Å²) in [6, 6.07) is 13.9. The van der Waals surface area contributed by atoms with E-state index in [-0.39, 0.29) is 24.4 Å². The van der Waals surface area contributed by atoms with Crippen molar-refractivity contribution in [2.45, 2.75) is 50.3 Å². The van der Waals surface area contributed by atoms with Gasteiger partial charge in [0, 0.05) is 12.2 Å². The Morgan fingerprint density at radius 2 is 1.59 bits per heavy atom. The molecule has 7 nitrogen and oxygen atoms in total. The molecule has 1 aliphatic rings. The van der Waals surface area contributed by atoms with Crippen molar-refractivity contribution in [2.24, 2.45) is 0 Å². The van der Waals surface area contributed by atoms with E-state index in [1.54, 1.807) is 12.1 Å². The maximum atomic E-state index is 12.6. The Labute approximate surface area is 189 Å². The molecule has 2 aromatic carbocycles. The zero-order chi connectivity index (χ0) is 22.8. The van der Waals surface area contributed by atoms with Crippen LogP contribution < -0.4 is 14.8 Å². The lowest BCUT2D eigenvalue weighted by Gasteiger charge is -2.26. The van der Waals surface area contributed by atoms with Gasteiger partial charge in [0.15, 0.2) is 6.35 Å². The summed E-state index contributed by atoms with van der Waals surface area (Å²) >= 11 is 0. The second-order valence-electron chi connectivity index (χ2n) is 8.38. The van der Waals surface area contributed by atoms with Crippen LogP contribution in [-0.2, 0) is 11.0 Å². The molecule has 0 bridgehead atoms. The van der Waals surface area contributed by atoms with Crippen molar-refractivity contribution in [1.29, 1.82) is 0 Å². The molecule has 176 valence electrons. The quantitative estimate of drug-likeness (QED) is 0.279. The van der Waals surface area contributed by atoms with Gasteiger partial charge >= 0.3 is 0 Å². The zero-order valence-electron chi connectivity index (χ0n) is 18.4. The van der Waals surface area contributed by atoms with Gasteiger partial charge in [-0.2, -0.15) is 0 Å². The second kappa shape index (κ2) is 12.3. The van der Waals surface area contributed by atoms with E-state index < -0.39 is 13.5 Å². The fraction of sp³-hybridized carbons (Fsp3) is 0.500. The first-order valence-electron chi connectivity index (χ1n) is 11.3. The molecular weight excluding hydrogens is 429 g/mol. The van der Waals surface area contributed by atoms with Crippen molar-refractivity contribution >= 4 is 7.37 Å². The molecule has 1 unspecified atom stereocenters. The van der Waals surface area contributed by atoms with Crippen molar-refractivity contribution < 1.29 is 29.1 Å². The average molecular weight is 464 g/mol. The minimum absolute atomic E-state index is 0.122. The number of hydrogen-bond acceptors (Lipinski definition) is 6. The summed E-state index contributed by atoms with van der Waals surface area (Å²) in [4.78, 5) is 10.3. The molecule has 1 saturated carbocycles. The van der Waals surface area contributed by atoms with Gasteiger partial charge in [0.25, 0.3) is 0 Å². The monoisotopic (exact) mass is 463 g/mol. The summed E-state index contributed by atoms with van der Waals surface area (Å²) < 4.78 is 23.7. The summed E-state index contributed by atoms with van der Waals surface area (Å²) in [5.74, 6) is 1.38.